The van der Waals surface area contributed by atoms with Crippen LogP contribution < -0.4 is 10.0 Å². The average molecular weight is 565 g/mol. The van der Waals surface area contributed by atoms with Gasteiger partial charge in [0.15, 0.2) is 0 Å². The summed E-state index contributed by atoms with van der Waals surface area (Å²) in [6.45, 7) is 0.977. The predicted molar refractivity (Wildman–Crippen MR) is 143 cm³/mol. The van der Waals surface area contributed by atoms with Crippen molar-refractivity contribution in [2.45, 2.75) is 44.3 Å². The van der Waals surface area contributed by atoms with Gasteiger partial charge in [-0.3, -0.25) is 14.4 Å². The molecule has 0 radical (unpaired) electrons. The van der Waals surface area contributed by atoms with Crippen LogP contribution in [0.15, 0.2) is 47.9 Å². The summed E-state index contributed by atoms with van der Waals surface area (Å²) in [6, 6.07) is 11.4. The molecule has 9 nitrogen and oxygen atoms in total. The van der Waals surface area contributed by atoms with Gasteiger partial charge in [0, 0.05) is 29.9 Å². The van der Waals surface area contributed by atoms with Crippen LogP contribution in [0.4, 0.5) is 0 Å². The molecule has 2 fully saturated rings. The number of likely N-dealkylation sites (tertiary alicyclic amines) is 2. The molecule has 2 saturated heterocycles. The van der Waals surface area contributed by atoms with Crippen LogP contribution in [-0.2, 0) is 31.0 Å². The van der Waals surface area contributed by atoms with Gasteiger partial charge in [0.2, 0.25) is 27.7 Å². The van der Waals surface area contributed by atoms with Gasteiger partial charge in [0.05, 0.1) is 10.9 Å². The van der Waals surface area contributed by atoms with Gasteiger partial charge in [0.25, 0.3) is 0 Å². The number of piperidine rings is 1. The Morgan fingerprint density at radius 3 is 2.57 bits per heavy atom. The molecule has 0 bridgehead atoms. The first-order valence-corrected chi connectivity index (χ1v) is 14.8. The van der Waals surface area contributed by atoms with Crippen LogP contribution in [0.3, 0.4) is 0 Å². The molecule has 2 aliphatic rings. The molecule has 2 N–H and O–H groups in total. The van der Waals surface area contributed by atoms with E-state index in [2.05, 4.69) is 10.0 Å². The van der Waals surface area contributed by atoms with Crippen molar-refractivity contribution in [2.24, 2.45) is 0 Å². The minimum atomic E-state index is -3.88. The Hall–Kier alpha value is -2.73. The molecular formula is C25H29ClN4O5S2. The predicted octanol–water partition coefficient (Wildman–Crippen LogP) is 2.59. The second kappa shape index (κ2) is 12.2. The first-order chi connectivity index (χ1) is 17.7. The number of hydrogen-bond acceptors (Lipinski definition) is 6. The molecule has 198 valence electrons. The van der Waals surface area contributed by atoms with Crippen molar-refractivity contribution in [2.75, 3.05) is 19.6 Å². The first-order valence-electron chi connectivity index (χ1n) is 12.1. The molecule has 3 amide bonds. The summed E-state index contributed by atoms with van der Waals surface area (Å²) < 4.78 is 28.0. The van der Waals surface area contributed by atoms with Crippen LogP contribution in [0.2, 0.25) is 4.34 Å². The smallest absolute Gasteiger partial charge is 0.243 e. The van der Waals surface area contributed by atoms with Gasteiger partial charge in [-0.1, -0.05) is 41.9 Å². The van der Waals surface area contributed by atoms with Gasteiger partial charge in [-0.2, -0.15) is 4.72 Å². The van der Waals surface area contributed by atoms with E-state index < -0.39 is 28.0 Å². The molecule has 0 saturated carbocycles. The molecule has 12 heteroatoms. The number of thiophene rings is 1. The summed E-state index contributed by atoms with van der Waals surface area (Å²) in [5, 5.41) is 3.90. The summed E-state index contributed by atoms with van der Waals surface area (Å²) in [5.41, 5.74) is 0.966. The maximum atomic E-state index is 13.1. The lowest BCUT2D eigenvalue weighted by Crippen LogP contribution is -2.55. The summed E-state index contributed by atoms with van der Waals surface area (Å²) in [6.07, 6.45) is 3.58. The summed E-state index contributed by atoms with van der Waals surface area (Å²) in [7, 11) is -3.88. The standard InChI is InChI=1S/C25H29ClN4O5S2/c26-22-11-10-19(36-22)12-15-37(34,35)28-20-8-4-13-29(25(20)33)17-23(31)30-14-5-9-21(30)24(32)27-16-18-6-2-1-3-7-18/h1-3,6-7,10-12,15,20-21,28H,4-5,8-9,13-14,16-17H2,(H,27,32)/b15-12+/t20-,21-/m0/s1. The third-order valence-electron chi connectivity index (χ3n) is 6.35. The van der Waals surface area contributed by atoms with E-state index in [4.69, 9.17) is 11.6 Å². The molecule has 1 aromatic carbocycles. The lowest BCUT2D eigenvalue weighted by Gasteiger charge is -2.33. The van der Waals surface area contributed by atoms with Crippen LogP contribution >= 0.6 is 22.9 Å². The van der Waals surface area contributed by atoms with Crippen molar-refractivity contribution in [1.29, 1.82) is 0 Å². The number of benzene rings is 1. The summed E-state index contributed by atoms with van der Waals surface area (Å²) >= 11 is 7.11. The third kappa shape index (κ3) is 7.41. The number of sulfonamides is 1. The van der Waals surface area contributed by atoms with E-state index in [1.807, 2.05) is 30.3 Å². The van der Waals surface area contributed by atoms with E-state index in [-0.39, 0.29) is 18.4 Å². The third-order valence-corrected chi connectivity index (χ3v) is 8.66. The van der Waals surface area contributed by atoms with Crippen LogP contribution in [0, 0.1) is 0 Å². The van der Waals surface area contributed by atoms with E-state index in [0.717, 1.165) is 11.0 Å². The molecule has 0 unspecified atom stereocenters. The van der Waals surface area contributed by atoms with Crippen LogP contribution in [0.5, 0.6) is 0 Å². The highest BCUT2D eigenvalue weighted by molar-refractivity contribution is 7.92. The van der Waals surface area contributed by atoms with Crippen molar-refractivity contribution in [3.63, 3.8) is 0 Å². The zero-order valence-corrected chi connectivity index (χ0v) is 22.5. The van der Waals surface area contributed by atoms with E-state index in [9.17, 15) is 22.8 Å². The lowest BCUT2D eigenvalue weighted by atomic mass is 10.1. The fourth-order valence-electron chi connectivity index (χ4n) is 4.51. The molecule has 4 rings (SSSR count). The van der Waals surface area contributed by atoms with Crippen molar-refractivity contribution in [3.8, 4) is 0 Å². The first kappa shape index (κ1) is 27.3. The zero-order valence-electron chi connectivity index (χ0n) is 20.1. The number of amides is 3. The molecule has 2 atom stereocenters. The Balaban J connectivity index is 1.32. The lowest BCUT2D eigenvalue weighted by molar-refractivity contribution is -0.145. The van der Waals surface area contributed by atoms with Gasteiger partial charge in [0.1, 0.15) is 12.1 Å². The highest BCUT2D eigenvalue weighted by atomic mass is 35.5. The molecule has 2 aliphatic heterocycles. The van der Waals surface area contributed by atoms with Crippen LogP contribution in [0.25, 0.3) is 6.08 Å². The fourth-order valence-corrected chi connectivity index (χ4v) is 6.58. The number of rotatable bonds is 9. The zero-order chi connectivity index (χ0) is 26.4. The normalized spacial score (nSPS) is 20.5. The van der Waals surface area contributed by atoms with Crippen molar-refractivity contribution >= 4 is 56.8 Å². The van der Waals surface area contributed by atoms with Gasteiger partial charge < -0.3 is 15.1 Å². The Morgan fingerprint density at radius 1 is 1.08 bits per heavy atom. The molecule has 1 aromatic heterocycles. The van der Waals surface area contributed by atoms with Gasteiger partial charge in [-0.25, -0.2) is 8.42 Å². The van der Waals surface area contributed by atoms with E-state index in [0.29, 0.717) is 54.5 Å². The van der Waals surface area contributed by atoms with Gasteiger partial charge in [-0.05, 0) is 49.5 Å². The number of hydrogen-bond donors (Lipinski definition) is 2. The number of carbonyl (C=O) groups is 3. The average Bonchev–Trinajstić information content (AvgIpc) is 3.54. The van der Waals surface area contributed by atoms with Crippen LogP contribution in [0.1, 0.15) is 36.1 Å². The summed E-state index contributed by atoms with van der Waals surface area (Å²) in [5.74, 6) is -0.979. The molecule has 0 aliphatic carbocycles. The number of carbonyl (C=O) groups excluding carboxylic acids is 3. The van der Waals surface area contributed by atoms with E-state index >= 15 is 0 Å². The Kier molecular flexibility index (Phi) is 9.01. The van der Waals surface area contributed by atoms with Crippen molar-refractivity contribution in [1.82, 2.24) is 19.8 Å². The SMILES string of the molecule is O=C(NCc1ccccc1)[C@@H]1CCCN1C(=O)CN1CCC[C@H](NS(=O)(=O)/C=C/c2ccc(Cl)s2)C1=O. The molecule has 37 heavy (non-hydrogen) atoms. The Labute approximate surface area is 225 Å². The second-order valence-electron chi connectivity index (χ2n) is 9.01. The monoisotopic (exact) mass is 564 g/mol. The topological polar surface area (TPSA) is 116 Å². The van der Waals surface area contributed by atoms with Crippen LogP contribution in [-0.4, -0.2) is 67.7 Å². The Morgan fingerprint density at radius 2 is 1.84 bits per heavy atom. The highest BCUT2D eigenvalue weighted by Crippen LogP contribution is 2.23. The summed E-state index contributed by atoms with van der Waals surface area (Å²) in [4.78, 5) is 42.5. The van der Waals surface area contributed by atoms with Crippen molar-refractivity contribution in [3.05, 3.63) is 62.6 Å². The Bertz CT molecular complexity index is 1260. The maximum Gasteiger partial charge on any atom is 0.243 e. The minimum Gasteiger partial charge on any atom is -0.350 e. The number of halogens is 1. The molecule has 2 aromatic rings. The molecule has 0 spiro atoms. The fraction of sp³-hybridized carbons (Fsp3) is 0.400. The number of nitrogens with zero attached hydrogens (tertiary/aromatic N) is 2. The van der Waals surface area contributed by atoms with E-state index in [1.54, 1.807) is 12.1 Å². The quantitative estimate of drug-likeness (QED) is 0.486. The largest absolute Gasteiger partial charge is 0.350 e. The van der Waals surface area contributed by atoms with E-state index in [1.165, 1.54) is 27.2 Å². The molecular weight excluding hydrogens is 536 g/mol. The maximum absolute atomic E-state index is 13.1. The number of nitrogens with one attached hydrogen (secondary N) is 2. The van der Waals surface area contributed by atoms with Crippen molar-refractivity contribution < 1.29 is 22.8 Å². The minimum absolute atomic E-state index is 0.191. The van der Waals surface area contributed by atoms with Gasteiger partial charge in [-0.15, -0.1) is 11.3 Å². The molecule has 3 heterocycles. The second-order valence-corrected chi connectivity index (χ2v) is 12.4. The highest BCUT2D eigenvalue weighted by Gasteiger charge is 2.37. The van der Waals surface area contributed by atoms with Gasteiger partial charge >= 0.3 is 0 Å².